The molecule has 2 atom stereocenters. The summed E-state index contributed by atoms with van der Waals surface area (Å²) < 4.78 is 0. The smallest absolute Gasteiger partial charge is 0.263 e. The van der Waals surface area contributed by atoms with E-state index in [2.05, 4.69) is 15.3 Å². The van der Waals surface area contributed by atoms with Crippen LogP contribution in [0.3, 0.4) is 0 Å². The molecule has 6 heteroatoms. The van der Waals surface area contributed by atoms with Crippen LogP contribution < -0.4 is 5.32 Å². The lowest BCUT2D eigenvalue weighted by Gasteiger charge is -2.18. The molecule has 5 nitrogen and oxygen atoms in total. The number of rotatable bonds is 5. The summed E-state index contributed by atoms with van der Waals surface area (Å²) in [6.07, 6.45) is 1.71. The molecule has 2 aromatic heterocycles. The number of amides is 1. The van der Waals surface area contributed by atoms with E-state index in [1.54, 1.807) is 6.20 Å². The van der Waals surface area contributed by atoms with Gasteiger partial charge in [0.2, 0.25) is 0 Å². The van der Waals surface area contributed by atoms with E-state index in [0.29, 0.717) is 10.6 Å². The van der Waals surface area contributed by atoms with Crippen molar-refractivity contribution in [1.82, 2.24) is 15.3 Å². The van der Waals surface area contributed by atoms with E-state index in [9.17, 15) is 4.79 Å². The summed E-state index contributed by atoms with van der Waals surface area (Å²) in [4.78, 5) is 21.6. The normalized spacial score (nSPS) is 13.7. The molecular formula is C15H19N3O2S. The summed E-state index contributed by atoms with van der Waals surface area (Å²) in [6, 6.07) is 5.51. The zero-order valence-electron chi connectivity index (χ0n) is 12.3. The van der Waals surface area contributed by atoms with Crippen LogP contribution in [0, 0.1) is 12.8 Å². The molecule has 21 heavy (non-hydrogen) atoms. The van der Waals surface area contributed by atoms with Crippen molar-refractivity contribution in [3.63, 3.8) is 0 Å². The van der Waals surface area contributed by atoms with Gasteiger partial charge in [-0.1, -0.05) is 13.0 Å². The fourth-order valence-corrected chi connectivity index (χ4v) is 2.72. The number of hydrogen-bond donors (Lipinski definition) is 2. The Morgan fingerprint density at radius 2 is 2.19 bits per heavy atom. The third-order valence-electron chi connectivity index (χ3n) is 3.39. The number of carbonyl (C=O) groups excluding carboxylic acids is 1. The lowest BCUT2D eigenvalue weighted by Crippen LogP contribution is -2.38. The first-order valence-electron chi connectivity index (χ1n) is 6.83. The minimum atomic E-state index is -0.153. The molecule has 2 aromatic rings. The first-order chi connectivity index (χ1) is 10.0. The summed E-state index contributed by atoms with van der Waals surface area (Å²) >= 11 is 1.33. The molecule has 2 N–H and O–H groups in total. The summed E-state index contributed by atoms with van der Waals surface area (Å²) in [5, 5.41) is 12.8. The van der Waals surface area contributed by atoms with Crippen LogP contribution in [0.4, 0.5) is 0 Å². The van der Waals surface area contributed by atoms with Crippen LogP contribution in [0.1, 0.15) is 29.2 Å². The SMILES string of the molecule is Cc1nc(-c2ccccn2)sc1C(=O)NC(C)C(C)CO. The fourth-order valence-electron chi connectivity index (χ4n) is 1.78. The molecule has 0 aliphatic carbocycles. The van der Waals surface area contributed by atoms with Crippen LogP contribution in [0.15, 0.2) is 24.4 Å². The molecule has 0 spiro atoms. The highest BCUT2D eigenvalue weighted by Gasteiger charge is 2.20. The van der Waals surface area contributed by atoms with Gasteiger partial charge < -0.3 is 10.4 Å². The van der Waals surface area contributed by atoms with Gasteiger partial charge in [-0.2, -0.15) is 0 Å². The number of aromatic nitrogens is 2. The number of thiazole rings is 1. The maximum atomic E-state index is 12.3. The van der Waals surface area contributed by atoms with Gasteiger partial charge in [-0.25, -0.2) is 4.98 Å². The van der Waals surface area contributed by atoms with Crippen LogP contribution in [0.5, 0.6) is 0 Å². The Morgan fingerprint density at radius 3 is 2.81 bits per heavy atom. The molecule has 2 unspecified atom stereocenters. The number of nitrogens with one attached hydrogen (secondary N) is 1. The Morgan fingerprint density at radius 1 is 1.43 bits per heavy atom. The highest BCUT2D eigenvalue weighted by molar-refractivity contribution is 7.17. The molecular weight excluding hydrogens is 286 g/mol. The van der Waals surface area contributed by atoms with Crippen molar-refractivity contribution in [1.29, 1.82) is 0 Å². The molecule has 0 bridgehead atoms. The van der Waals surface area contributed by atoms with E-state index in [1.807, 2.05) is 39.0 Å². The van der Waals surface area contributed by atoms with Gasteiger partial charge in [0.15, 0.2) is 0 Å². The van der Waals surface area contributed by atoms with E-state index >= 15 is 0 Å². The summed E-state index contributed by atoms with van der Waals surface area (Å²) in [6.45, 7) is 5.64. The number of hydrogen-bond acceptors (Lipinski definition) is 5. The molecule has 0 aromatic carbocycles. The number of nitrogens with zero attached hydrogens (tertiary/aromatic N) is 2. The topological polar surface area (TPSA) is 75.1 Å². The van der Waals surface area contributed by atoms with Crippen molar-refractivity contribution in [3.05, 3.63) is 35.0 Å². The van der Waals surface area contributed by atoms with Crippen molar-refractivity contribution in [3.8, 4) is 10.7 Å². The van der Waals surface area contributed by atoms with Gasteiger partial charge >= 0.3 is 0 Å². The first kappa shape index (κ1) is 15.6. The number of aliphatic hydroxyl groups is 1. The second-order valence-electron chi connectivity index (χ2n) is 5.07. The van der Waals surface area contributed by atoms with Crippen LogP contribution in [0.25, 0.3) is 10.7 Å². The highest BCUT2D eigenvalue weighted by atomic mass is 32.1. The number of aliphatic hydroxyl groups excluding tert-OH is 1. The van der Waals surface area contributed by atoms with Gasteiger partial charge in [-0.05, 0) is 31.9 Å². The van der Waals surface area contributed by atoms with Crippen molar-refractivity contribution in [2.45, 2.75) is 26.8 Å². The maximum Gasteiger partial charge on any atom is 0.263 e. The molecule has 1 amide bonds. The number of carbonyl (C=O) groups is 1. The zero-order valence-corrected chi connectivity index (χ0v) is 13.1. The quantitative estimate of drug-likeness (QED) is 0.888. The molecule has 112 valence electrons. The predicted molar refractivity (Wildman–Crippen MR) is 83.3 cm³/mol. The van der Waals surface area contributed by atoms with Gasteiger partial charge in [-0.3, -0.25) is 9.78 Å². The minimum absolute atomic E-state index is 0.0115. The lowest BCUT2D eigenvalue weighted by molar-refractivity contribution is 0.0919. The Balaban J connectivity index is 2.18. The minimum Gasteiger partial charge on any atom is -0.396 e. The Kier molecular flexibility index (Phi) is 5.03. The molecule has 0 aliphatic heterocycles. The van der Waals surface area contributed by atoms with Gasteiger partial charge in [0.05, 0.1) is 11.4 Å². The molecule has 0 aliphatic rings. The van der Waals surface area contributed by atoms with Crippen LogP contribution in [-0.2, 0) is 0 Å². The summed E-state index contributed by atoms with van der Waals surface area (Å²) in [5.41, 5.74) is 1.46. The predicted octanol–water partition coefficient (Wildman–Crippen LogP) is 2.26. The second-order valence-corrected chi connectivity index (χ2v) is 6.07. The average Bonchev–Trinajstić information content (AvgIpc) is 2.89. The maximum absolute atomic E-state index is 12.3. The van der Waals surface area contributed by atoms with Gasteiger partial charge in [0.25, 0.3) is 5.91 Å². The second kappa shape index (κ2) is 6.78. The molecule has 0 saturated carbocycles. The monoisotopic (exact) mass is 305 g/mol. The van der Waals surface area contributed by atoms with E-state index in [0.717, 1.165) is 10.7 Å². The van der Waals surface area contributed by atoms with Crippen molar-refractivity contribution in [2.24, 2.45) is 5.92 Å². The Labute approximate surface area is 128 Å². The average molecular weight is 305 g/mol. The summed E-state index contributed by atoms with van der Waals surface area (Å²) in [5.74, 6) is -0.141. The third-order valence-corrected chi connectivity index (χ3v) is 4.57. The van der Waals surface area contributed by atoms with E-state index in [1.165, 1.54) is 11.3 Å². The van der Waals surface area contributed by atoms with Crippen molar-refractivity contribution >= 4 is 17.2 Å². The summed E-state index contributed by atoms with van der Waals surface area (Å²) in [7, 11) is 0. The lowest BCUT2D eigenvalue weighted by atomic mass is 10.1. The van der Waals surface area contributed by atoms with Crippen LogP contribution in [-0.4, -0.2) is 33.6 Å². The van der Waals surface area contributed by atoms with Crippen molar-refractivity contribution in [2.75, 3.05) is 6.61 Å². The largest absolute Gasteiger partial charge is 0.396 e. The van der Waals surface area contributed by atoms with Gasteiger partial charge in [0, 0.05) is 18.8 Å². The molecule has 2 rings (SSSR count). The number of pyridine rings is 1. The molecule has 0 saturated heterocycles. The van der Waals surface area contributed by atoms with Crippen LogP contribution >= 0.6 is 11.3 Å². The van der Waals surface area contributed by atoms with Crippen molar-refractivity contribution < 1.29 is 9.90 Å². The zero-order chi connectivity index (χ0) is 15.4. The van der Waals surface area contributed by atoms with Crippen LogP contribution in [0.2, 0.25) is 0 Å². The van der Waals surface area contributed by atoms with E-state index in [-0.39, 0.29) is 24.5 Å². The Bertz CT molecular complexity index is 613. The highest BCUT2D eigenvalue weighted by Crippen LogP contribution is 2.26. The van der Waals surface area contributed by atoms with Gasteiger partial charge in [-0.15, -0.1) is 11.3 Å². The third kappa shape index (κ3) is 3.65. The standard InChI is InChI=1S/C15H19N3O2S/c1-9(8-19)10(2)17-14(20)13-11(3)18-15(21-13)12-6-4-5-7-16-12/h4-7,9-10,19H,8H2,1-3H3,(H,17,20). The van der Waals surface area contributed by atoms with E-state index < -0.39 is 0 Å². The molecule has 0 radical (unpaired) electrons. The first-order valence-corrected chi connectivity index (χ1v) is 7.65. The Hall–Kier alpha value is -1.79. The molecule has 2 heterocycles. The molecule has 0 fully saturated rings. The van der Waals surface area contributed by atoms with E-state index in [4.69, 9.17) is 5.11 Å². The fraction of sp³-hybridized carbons (Fsp3) is 0.400. The van der Waals surface area contributed by atoms with Gasteiger partial charge in [0.1, 0.15) is 9.88 Å². The number of aryl methyl sites for hydroxylation is 1.